The minimum Gasteiger partial charge on any atom is -0.748 e. The molecular formula is C19H20FO6S2-. The minimum atomic E-state index is -4.48. The molecule has 9 heteroatoms. The van der Waals surface area contributed by atoms with Crippen LogP contribution in [-0.2, 0) is 14.9 Å². The summed E-state index contributed by atoms with van der Waals surface area (Å²) >= 11 is 1.89. The van der Waals surface area contributed by atoms with Crippen molar-refractivity contribution in [3.8, 4) is 5.75 Å². The Kier molecular flexibility index (Phi) is 4.75. The molecule has 4 rings (SSSR count). The van der Waals surface area contributed by atoms with Gasteiger partial charge in [0.05, 0.1) is 21.4 Å². The maximum Gasteiger partial charge on any atom is 0.338 e. The summed E-state index contributed by atoms with van der Waals surface area (Å²) in [5.41, 5.74) is 0.229. The van der Waals surface area contributed by atoms with E-state index in [1.54, 1.807) is 0 Å². The highest BCUT2D eigenvalue weighted by molar-refractivity contribution is 8.01. The number of thioether (sulfide) groups is 1. The molecule has 0 N–H and O–H groups in total. The van der Waals surface area contributed by atoms with E-state index in [1.165, 1.54) is 12.1 Å². The monoisotopic (exact) mass is 427 g/mol. The summed E-state index contributed by atoms with van der Waals surface area (Å²) in [5.74, 6) is -1.31. The van der Waals surface area contributed by atoms with Gasteiger partial charge in [0.2, 0.25) is 0 Å². The van der Waals surface area contributed by atoms with Gasteiger partial charge in [0, 0.05) is 16.4 Å². The van der Waals surface area contributed by atoms with Crippen LogP contribution in [0, 0.1) is 17.7 Å². The Balaban J connectivity index is 1.54. The van der Waals surface area contributed by atoms with Crippen LogP contribution in [0.15, 0.2) is 30.4 Å². The zero-order valence-corrected chi connectivity index (χ0v) is 16.9. The fraction of sp³-hybridized carbons (Fsp3) is 0.526. The molecule has 0 spiro atoms. The Morgan fingerprint density at radius 1 is 1.43 bits per heavy atom. The third-order valence-corrected chi connectivity index (χ3v) is 8.53. The molecule has 5 atom stereocenters. The number of benzene rings is 1. The topological polar surface area (TPSA) is 92.7 Å². The lowest BCUT2D eigenvalue weighted by atomic mass is 9.56. The van der Waals surface area contributed by atoms with Crippen molar-refractivity contribution in [2.24, 2.45) is 11.8 Å². The minimum absolute atomic E-state index is 0.0267. The lowest BCUT2D eigenvalue weighted by Gasteiger charge is -2.53. The Labute approximate surface area is 167 Å². The molecule has 3 aliphatic rings. The van der Waals surface area contributed by atoms with E-state index < -0.39 is 39.9 Å². The molecule has 6 nitrogen and oxygen atoms in total. The maximum absolute atomic E-state index is 14.5. The number of halogens is 1. The largest absolute Gasteiger partial charge is 0.748 e. The van der Waals surface area contributed by atoms with Crippen LogP contribution in [0.1, 0.15) is 30.1 Å². The number of carbonyl (C=O) groups is 1. The maximum atomic E-state index is 14.5. The van der Waals surface area contributed by atoms with Crippen LogP contribution >= 0.6 is 11.8 Å². The number of fused-ring (bicyclic) bond motifs is 1. The van der Waals surface area contributed by atoms with Gasteiger partial charge in [0.25, 0.3) is 0 Å². The smallest absolute Gasteiger partial charge is 0.338 e. The van der Waals surface area contributed by atoms with Crippen molar-refractivity contribution in [1.82, 2.24) is 0 Å². The number of esters is 1. The second kappa shape index (κ2) is 6.74. The lowest BCUT2D eigenvalue weighted by molar-refractivity contribution is -0.0461. The van der Waals surface area contributed by atoms with Gasteiger partial charge in [-0.3, -0.25) is 0 Å². The lowest BCUT2D eigenvalue weighted by Crippen LogP contribution is -2.60. The van der Waals surface area contributed by atoms with Gasteiger partial charge in [-0.2, -0.15) is 0 Å². The van der Waals surface area contributed by atoms with Crippen LogP contribution in [0.5, 0.6) is 5.75 Å². The van der Waals surface area contributed by atoms with E-state index in [0.717, 1.165) is 24.5 Å². The van der Waals surface area contributed by atoms with E-state index in [0.29, 0.717) is 11.2 Å². The van der Waals surface area contributed by atoms with Gasteiger partial charge in [-0.05, 0) is 49.5 Å². The summed E-state index contributed by atoms with van der Waals surface area (Å²) in [4.78, 5) is 12.1. The van der Waals surface area contributed by atoms with Crippen molar-refractivity contribution in [2.75, 3.05) is 12.4 Å². The molecule has 0 radical (unpaired) electrons. The fourth-order valence-corrected chi connectivity index (χ4v) is 7.25. The molecule has 1 aliphatic carbocycles. The summed E-state index contributed by atoms with van der Waals surface area (Å²) in [6.07, 6.45) is 2.06. The third-order valence-electron chi connectivity index (χ3n) is 5.96. The Hall–Kier alpha value is -1.58. The molecule has 152 valence electrons. The quantitative estimate of drug-likeness (QED) is 0.375. The van der Waals surface area contributed by atoms with Crippen LogP contribution in [0.3, 0.4) is 0 Å². The van der Waals surface area contributed by atoms with Crippen molar-refractivity contribution in [1.29, 1.82) is 0 Å². The Morgan fingerprint density at radius 2 is 2.18 bits per heavy atom. The summed E-state index contributed by atoms with van der Waals surface area (Å²) in [5, 5.41) is 0.739. The predicted molar refractivity (Wildman–Crippen MR) is 101 cm³/mol. The first-order valence-corrected chi connectivity index (χ1v) is 11.5. The van der Waals surface area contributed by atoms with Gasteiger partial charge < -0.3 is 14.0 Å². The van der Waals surface area contributed by atoms with Crippen LogP contribution in [0.25, 0.3) is 0 Å². The number of rotatable bonds is 7. The Bertz CT molecular complexity index is 940. The van der Waals surface area contributed by atoms with Gasteiger partial charge in [-0.25, -0.2) is 17.6 Å². The van der Waals surface area contributed by atoms with Gasteiger partial charge >= 0.3 is 5.97 Å². The SMILES string of the molecule is C=C(C)C1(Oc2cc(C(=O)OCCS(=O)(=O)[O-])ccc2F)C2CC3CC1C3S2. The summed E-state index contributed by atoms with van der Waals surface area (Å²) < 4.78 is 57.4. The first kappa shape index (κ1) is 19.7. The first-order valence-electron chi connectivity index (χ1n) is 9.02. The molecule has 28 heavy (non-hydrogen) atoms. The summed E-state index contributed by atoms with van der Waals surface area (Å²) in [6, 6.07) is 3.62. The molecule has 1 saturated carbocycles. The standard InChI is InChI=1S/C19H21FO6S2/c1-10(2)19(13-7-12-9-16(19)27-17(12)13)26-15-8-11(3-4-14(15)20)18(21)25-5-6-28(22,23)24/h3-4,8,12-13,16-17H,1,5-7,9H2,2H3,(H,22,23,24)/p-1. The van der Waals surface area contributed by atoms with E-state index in [-0.39, 0.29) is 22.5 Å². The number of ether oxygens (including phenoxy) is 2. The molecule has 0 aromatic heterocycles. The molecule has 1 aromatic carbocycles. The average molecular weight is 427 g/mol. The zero-order valence-electron chi connectivity index (χ0n) is 15.2. The number of hydrogen-bond acceptors (Lipinski definition) is 7. The molecule has 2 bridgehead atoms. The highest BCUT2D eigenvalue weighted by atomic mass is 32.2. The van der Waals surface area contributed by atoms with Gasteiger partial charge in [-0.1, -0.05) is 6.58 Å². The second-order valence-electron chi connectivity index (χ2n) is 7.65. The van der Waals surface area contributed by atoms with Crippen molar-refractivity contribution in [3.63, 3.8) is 0 Å². The number of carbonyl (C=O) groups excluding carboxylic acids is 1. The van der Waals surface area contributed by atoms with Crippen LogP contribution in [0.4, 0.5) is 4.39 Å². The zero-order chi connectivity index (χ0) is 20.3. The van der Waals surface area contributed by atoms with Gasteiger partial charge in [0.15, 0.2) is 11.6 Å². The van der Waals surface area contributed by atoms with Crippen molar-refractivity contribution in [3.05, 3.63) is 41.7 Å². The second-order valence-corrected chi connectivity index (χ2v) is 10.6. The molecule has 2 saturated heterocycles. The van der Waals surface area contributed by atoms with E-state index >= 15 is 0 Å². The number of hydrogen-bond donors (Lipinski definition) is 0. The van der Waals surface area contributed by atoms with Crippen molar-refractivity contribution in [2.45, 2.75) is 35.9 Å². The molecule has 3 fully saturated rings. The summed E-state index contributed by atoms with van der Waals surface area (Å²) in [7, 11) is -4.48. The molecular weight excluding hydrogens is 407 g/mol. The fourth-order valence-electron chi connectivity index (χ4n) is 4.65. The Morgan fingerprint density at radius 3 is 2.75 bits per heavy atom. The van der Waals surface area contributed by atoms with Crippen LogP contribution in [0.2, 0.25) is 0 Å². The summed E-state index contributed by atoms with van der Waals surface area (Å²) in [6.45, 7) is 5.45. The molecule has 0 amide bonds. The van der Waals surface area contributed by atoms with E-state index in [2.05, 4.69) is 6.58 Å². The van der Waals surface area contributed by atoms with Crippen molar-refractivity contribution < 1.29 is 31.6 Å². The van der Waals surface area contributed by atoms with Crippen LogP contribution in [-0.4, -0.2) is 47.4 Å². The first-order chi connectivity index (χ1) is 13.1. The van der Waals surface area contributed by atoms with Crippen molar-refractivity contribution >= 4 is 27.8 Å². The van der Waals surface area contributed by atoms with E-state index in [9.17, 15) is 22.2 Å². The average Bonchev–Trinajstić information content (AvgIpc) is 3.03. The normalized spacial score (nSPS) is 32.7. The predicted octanol–water partition coefficient (Wildman–Crippen LogP) is 2.75. The van der Waals surface area contributed by atoms with Gasteiger partial charge in [0.1, 0.15) is 12.2 Å². The highest BCUT2D eigenvalue weighted by Gasteiger charge is 2.70. The van der Waals surface area contributed by atoms with E-state index in [1.807, 2.05) is 18.7 Å². The van der Waals surface area contributed by atoms with E-state index in [4.69, 9.17) is 9.47 Å². The molecule has 2 aliphatic heterocycles. The molecule has 2 heterocycles. The molecule has 5 unspecified atom stereocenters. The highest BCUT2D eigenvalue weighted by Crippen LogP contribution is 2.70. The molecule has 1 aromatic rings. The third kappa shape index (κ3) is 3.13. The van der Waals surface area contributed by atoms with Gasteiger partial charge in [-0.15, -0.1) is 11.8 Å². The van der Waals surface area contributed by atoms with Crippen LogP contribution < -0.4 is 4.74 Å².